The number of nitrogens with zero attached hydrogens (tertiary/aromatic N) is 2. The largest absolute Gasteiger partial charge is 0.339 e. The number of carbonyl (C=O) groups excluding carboxylic acids is 1. The third-order valence-corrected chi connectivity index (χ3v) is 3.31. The zero-order valence-electron chi connectivity index (χ0n) is 9.60. The Labute approximate surface area is 110 Å². The maximum atomic E-state index is 11.8. The van der Waals surface area contributed by atoms with Crippen molar-refractivity contribution in [3.05, 3.63) is 34.6 Å². The first kappa shape index (κ1) is 12.3. The van der Waals surface area contributed by atoms with Crippen LogP contribution in [-0.4, -0.2) is 28.9 Å². The van der Waals surface area contributed by atoms with Crippen molar-refractivity contribution >= 4 is 27.9 Å². The molecule has 0 unspecified atom stereocenters. The van der Waals surface area contributed by atoms with Gasteiger partial charge >= 0.3 is 0 Å². The van der Waals surface area contributed by atoms with Crippen LogP contribution in [0.15, 0.2) is 29.0 Å². The van der Waals surface area contributed by atoms with Gasteiger partial charge in [0, 0.05) is 25.4 Å². The van der Waals surface area contributed by atoms with E-state index in [9.17, 15) is 4.79 Å². The van der Waals surface area contributed by atoms with Crippen LogP contribution in [0, 0.1) is 0 Å². The predicted octanol–water partition coefficient (Wildman–Crippen LogP) is 2.87. The summed E-state index contributed by atoms with van der Waals surface area (Å²) in [6.45, 7) is 1.78. The van der Waals surface area contributed by atoms with Gasteiger partial charge in [-0.25, -0.2) is 4.98 Å². The number of pyridine rings is 1. The molecule has 3 nitrogen and oxygen atoms in total. The summed E-state index contributed by atoms with van der Waals surface area (Å²) in [5.41, 5.74) is 0.943. The van der Waals surface area contributed by atoms with E-state index in [0.717, 1.165) is 36.1 Å². The van der Waals surface area contributed by atoms with Crippen molar-refractivity contribution in [2.75, 3.05) is 13.1 Å². The maximum Gasteiger partial charge on any atom is 0.246 e. The number of hydrogen-bond acceptors (Lipinski definition) is 2. The van der Waals surface area contributed by atoms with Crippen LogP contribution in [0.4, 0.5) is 0 Å². The smallest absolute Gasteiger partial charge is 0.246 e. The van der Waals surface area contributed by atoms with Crippen LogP contribution in [-0.2, 0) is 4.79 Å². The van der Waals surface area contributed by atoms with Gasteiger partial charge in [0.05, 0.1) is 0 Å². The molecule has 0 aliphatic carbocycles. The molecule has 0 spiro atoms. The predicted molar refractivity (Wildman–Crippen MR) is 71.4 cm³/mol. The minimum absolute atomic E-state index is 0.104. The fourth-order valence-corrected chi connectivity index (χ4v) is 2.11. The number of rotatable bonds is 2. The lowest BCUT2D eigenvalue weighted by molar-refractivity contribution is -0.126. The molecule has 0 aromatic carbocycles. The highest BCUT2D eigenvalue weighted by molar-refractivity contribution is 9.10. The molecule has 2 heterocycles. The fourth-order valence-electron chi connectivity index (χ4n) is 1.87. The average Bonchev–Trinajstić information content (AvgIpc) is 2.39. The van der Waals surface area contributed by atoms with Gasteiger partial charge < -0.3 is 4.90 Å². The summed E-state index contributed by atoms with van der Waals surface area (Å²) in [6, 6.07) is 3.79. The lowest BCUT2D eigenvalue weighted by Crippen LogP contribution is -2.34. The SMILES string of the molecule is O=C(C=Cc1ccc(Br)nc1)N1CCCCC1. The van der Waals surface area contributed by atoms with Crippen LogP contribution >= 0.6 is 15.9 Å². The molecule has 0 N–H and O–H groups in total. The van der Waals surface area contributed by atoms with E-state index in [-0.39, 0.29) is 5.91 Å². The average molecular weight is 295 g/mol. The zero-order chi connectivity index (χ0) is 12.1. The highest BCUT2D eigenvalue weighted by atomic mass is 79.9. The van der Waals surface area contributed by atoms with Gasteiger partial charge in [0.2, 0.25) is 5.91 Å². The highest BCUT2D eigenvalue weighted by Gasteiger charge is 2.13. The van der Waals surface area contributed by atoms with Gasteiger partial charge in [-0.3, -0.25) is 4.79 Å². The molecule has 17 heavy (non-hydrogen) atoms. The molecular formula is C13H15BrN2O. The van der Waals surface area contributed by atoms with E-state index in [4.69, 9.17) is 0 Å². The van der Waals surface area contributed by atoms with E-state index >= 15 is 0 Å². The molecule has 0 saturated carbocycles. The lowest BCUT2D eigenvalue weighted by Gasteiger charge is -2.25. The van der Waals surface area contributed by atoms with E-state index in [1.807, 2.05) is 23.1 Å². The van der Waals surface area contributed by atoms with Gasteiger partial charge in [-0.05, 0) is 52.9 Å². The van der Waals surface area contributed by atoms with E-state index in [1.165, 1.54) is 6.42 Å². The summed E-state index contributed by atoms with van der Waals surface area (Å²) in [5, 5.41) is 0. The van der Waals surface area contributed by atoms with Crippen LogP contribution in [0.1, 0.15) is 24.8 Å². The van der Waals surface area contributed by atoms with E-state index in [1.54, 1.807) is 12.3 Å². The quantitative estimate of drug-likeness (QED) is 0.621. The molecule has 2 rings (SSSR count). The Morgan fingerprint density at radius 3 is 2.71 bits per heavy atom. The molecule has 4 heteroatoms. The first-order valence-electron chi connectivity index (χ1n) is 5.84. The summed E-state index contributed by atoms with van der Waals surface area (Å²) in [7, 11) is 0. The Hall–Kier alpha value is -1.16. The Balaban J connectivity index is 1.95. The Morgan fingerprint density at radius 2 is 2.06 bits per heavy atom. The Morgan fingerprint density at radius 1 is 1.29 bits per heavy atom. The van der Waals surface area contributed by atoms with Gasteiger partial charge in [-0.15, -0.1) is 0 Å². The Kier molecular flexibility index (Phi) is 4.31. The number of carbonyl (C=O) groups is 1. The molecular weight excluding hydrogens is 280 g/mol. The first-order valence-corrected chi connectivity index (χ1v) is 6.63. The summed E-state index contributed by atoms with van der Waals surface area (Å²) in [5.74, 6) is 0.104. The number of amides is 1. The van der Waals surface area contributed by atoms with Gasteiger partial charge in [0.1, 0.15) is 4.60 Å². The van der Waals surface area contributed by atoms with E-state index in [0.29, 0.717) is 0 Å². The van der Waals surface area contributed by atoms with Crippen molar-refractivity contribution in [2.45, 2.75) is 19.3 Å². The van der Waals surface area contributed by atoms with Gasteiger partial charge in [-0.1, -0.05) is 6.07 Å². The number of piperidine rings is 1. The Bertz CT molecular complexity index is 408. The van der Waals surface area contributed by atoms with E-state index < -0.39 is 0 Å². The molecule has 1 aliphatic rings. The van der Waals surface area contributed by atoms with Gasteiger partial charge in [-0.2, -0.15) is 0 Å². The second kappa shape index (κ2) is 5.96. The van der Waals surface area contributed by atoms with Crippen molar-refractivity contribution in [2.24, 2.45) is 0 Å². The molecule has 0 atom stereocenters. The third-order valence-electron chi connectivity index (χ3n) is 2.84. The lowest BCUT2D eigenvalue weighted by atomic mass is 10.1. The monoisotopic (exact) mass is 294 g/mol. The molecule has 1 aromatic heterocycles. The molecule has 90 valence electrons. The van der Waals surface area contributed by atoms with Crippen LogP contribution in [0.5, 0.6) is 0 Å². The molecule has 1 amide bonds. The van der Waals surface area contributed by atoms with Crippen molar-refractivity contribution in [1.29, 1.82) is 0 Å². The zero-order valence-corrected chi connectivity index (χ0v) is 11.2. The third kappa shape index (κ3) is 3.66. The molecule has 1 aliphatic heterocycles. The summed E-state index contributed by atoms with van der Waals surface area (Å²) < 4.78 is 0.803. The van der Waals surface area contributed by atoms with Crippen LogP contribution in [0.25, 0.3) is 6.08 Å². The van der Waals surface area contributed by atoms with Crippen molar-refractivity contribution in [1.82, 2.24) is 9.88 Å². The van der Waals surface area contributed by atoms with Crippen LogP contribution in [0.2, 0.25) is 0 Å². The highest BCUT2D eigenvalue weighted by Crippen LogP contribution is 2.11. The van der Waals surface area contributed by atoms with Crippen LogP contribution in [0.3, 0.4) is 0 Å². The summed E-state index contributed by atoms with van der Waals surface area (Å²) in [4.78, 5) is 17.9. The maximum absolute atomic E-state index is 11.8. The van der Waals surface area contributed by atoms with E-state index in [2.05, 4.69) is 20.9 Å². The van der Waals surface area contributed by atoms with Crippen molar-refractivity contribution in [3.63, 3.8) is 0 Å². The standard InChI is InChI=1S/C13H15BrN2O/c14-12-6-4-11(10-15-12)5-7-13(17)16-8-2-1-3-9-16/h4-7,10H,1-3,8-9H2. The molecule has 1 aromatic rings. The fraction of sp³-hybridized carbons (Fsp3) is 0.385. The molecule has 1 saturated heterocycles. The van der Waals surface area contributed by atoms with Gasteiger partial charge in [0.15, 0.2) is 0 Å². The number of likely N-dealkylation sites (tertiary alicyclic amines) is 1. The normalized spacial score (nSPS) is 16.4. The number of aromatic nitrogens is 1. The molecule has 0 bridgehead atoms. The second-order valence-corrected chi connectivity index (χ2v) is 4.95. The number of halogens is 1. The summed E-state index contributed by atoms with van der Waals surface area (Å²) in [6.07, 6.45) is 8.68. The van der Waals surface area contributed by atoms with Gasteiger partial charge in [0.25, 0.3) is 0 Å². The minimum atomic E-state index is 0.104. The van der Waals surface area contributed by atoms with Crippen molar-refractivity contribution < 1.29 is 4.79 Å². The van der Waals surface area contributed by atoms with Crippen LogP contribution < -0.4 is 0 Å². The van der Waals surface area contributed by atoms with Crippen molar-refractivity contribution in [3.8, 4) is 0 Å². The second-order valence-electron chi connectivity index (χ2n) is 4.13. The first-order chi connectivity index (χ1) is 8.25. The number of hydrogen-bond donors (Lipinski definition) is 0. The minimum Gasteiger partial charge on any atom is -0.339 e. The molecule has 0 radical (unpaired) electrons. The summed E-state index contributed by atoms with van der Waals surface area (Å²) >= 11 is 3.28. The topological polar surface area (TPSA) is 33.2 Å². The molecule has 1 fully saturated rings.